The summed E-state index contributed by atoms with van der Waals surface area (Å²) in [6.07, 6.45) is 0. The second-order valence-electron chi connectivity index (χ2n) is 6.45. The molecule has 0 unspecified atom stereocenters. The molecule has 31 heavy (non-hydrogen) atoms. The Morgan fingerprint density at radius 1 is 0.935 bits per heavy atom. The number of hydrogen-bond acceptors (Lipinski definition) is 5. The van der Waals surface area contributed by atoms with Crippen LogP contribution in [0.25, 0.3) is 28.0 Å². The van der Waals surface area contributed by atoms with Gasteiger partial charge in [0.2, 0.25) is 0 Å². The molecule has 2 aromatic heterocycles. The van der Waals surface area contributed by atoms with Gasteiger partial charge < -0.3 is 9.96 Å². The van der Waals surface area contributed by atoms with Gasteiger partial charge in [-0.3, -0.25) is 9.36 Å². The van der Waals surface area contributed by atoms with Crippen LogP contribution in [0.4, 0.5) is 0 Å². The summed E-state index contributed by atoms with van der Waals surface area (Å²) >= 11 is 19.2. The fraction of sp³-hybridized carbons (Fsp3) is 0.0952. The maximum atomic E-state index is 12.9. The average molecular weight is 472 g/mol. The first kappa shape index (κ1) is 21.6. The number of fused-ring (bicyclic) bond motifs is 1. The number of ether oxygens (including phenoxy) is 1. The van der Waals surface area contributed by atoms with Gasteiger partial charge in [-0.25, -0.2) is 0 Å². The van der Waals surface area contributed by atoms with Gasteiger partial charge in [-0.05, 0) is 24.3 Å². The number of rotatable bonds is 6. The second-order valence-corrected chi connectivity index (χ2v) is 7.67. The van der Waals surface area contributed by atoms with Gasteiger partial charge in [-0.1, -0.05) is 59.1 Å². The monoisotopic (exact) mass is 470 g/mol. The molecule has 2 radical (unpaired) electrons. The van der Waals surface area contributed by atoms with E-state index in [0.29, 0.717) is 43.9 Å². The van der Waals surface area contributed by atoms with Crippen molar-refractivity contribution in [2.75, 3.05) is 13.2 Å². The lowest BCUT2D eigenvalue weighted by molar-refractivity contribution is 0.299. The molecule has 0 fully saturated rings. The van der Waals surface area contributed by atoms with Crippen LogP contribution in [0.2, 0.25) is 15.1 Å². The number of para-hydroxylation sites is 1. The third-order valence-electron chi connectivity index (χ3n) is 4.50. The van der Waals surface area contributed by atoms with Crippen LogP contribution in [0.15, 0.2) is 59.4 Å². The summed E-state index contributed by atoms with van der Waals surface area (Å²) in [5.41, 5.74) is 1.40. The van der Waals surface area contributed by atoms with E-state index in [1.807, 2.05) is 18.2 Å². The highest BCUT2D eigenvalue weighted by molar-refractivity contribution is 6.38. The smallest absolute Gasteiger partial charge is 0.319 e. The van der Waals surface area contributed by atoms with Crippen LogP contribution in [-0.4, -0.2) is 35.7 Å². The summed E-state index contributed by atoms with van der Waals surface area (Å²) in [6.45, 7) is 0.592. The van der Waals surface area contributed by atoms with Gasteiger partial charge >= 0.3 is 6.01 Å². The third-order valence-corrected chi connectivity index (χ3v) is 5.44. The Hall–Kier alpha value is -2.58. The molecule has 0 bridgehead atoms. The number of pyridine rings is 1. The lowest BCUT2D eigenvalue weighted by Gasteiger charge is -2.16. The predicted molar refractivity (Wildman–Crippen MR) is 125 cm³/mol. The van der Waals surface area contributed by atoms with E-state index in [2.05, 4.69) is 15.2 Å². The number of nitrogens with zero attached hydrogens (tertiary/aromatic N) is 3. The molecule has 0 saturated carbocycles. The number of aromatic nitrogens is 3. The van der Waals surface area contributed by atoms with Crippen LogP contribution in [-0.2, 0) is 0 Å². The summed E-state index contributed by atoms with van der Waals surface area (Å²) in [7, 11) is 5.31. The molecule has 0 saturated heterocycles. The van der Waals surface area contributed by atoms with Crippen molar-refractivity contribution in [2.45, 2.75) is 0 Å². The zero-order valence-electron chi connectivity index (χ0n) is 16.0. The van der Waals surface area contributed by atoms with Gasteiger partial charge in [-0.15, -0.1) is 0 Å². The standard InChI is InChI=1S/C21H14BCl3N4O2/c22-26-10-11-31-21-27-18(12-4-1-2-5-14(12)23)13-8-9-17(30)29(20(13)28-21)19-15(24)6-3-7-16(19)25/h1-9,26H,10-11H2. The molecule has 2 aromatic carbocycles. The molecule has 6 nitrogen and oxygen atoms in total. The van der Waals surface area contributed by atoms with Crippen LogP contribution in [0.1, 0.15) is 0 Å². The first-order chi connectivity index (χ1) is 15.0. The zero-order valence-corrected chi connectivity index (χ0v) is 18.2. The molecule has 4 aromatic rings. The maximum absolute atomic E-state index is 12.9. The van der Waals surface area contributed by atoms with E-state index >= 15 is 0 Å². The molecule has 0 spiro atoms. The normalized spacial score (nSPS) is 11.1. The van der Waals surface area contributed by atoms with Crippen LogP contribution in [0.5, 0.6) is 6.01 Å². The highest BCUT2D eigenvalue weighted by Crippen LogP contribution is 2.35. The molecule has 0 atom stereocenters. The van der Waals surface area contributed by atoms with Crippen LogP contribution >= 0.6 is 34.8 Å². The molecular formula is C21H14BCl3N4O2. The van der Waals surface area contributed by atoms with Crippen molar-refractivity contribution in [2.24, 2.45) is 0 Å². The molecule has 154 valence electrons. The summed E-state index contributed by atoms with van der Waals surface area (Å²) in [6, 6.07) is 15.3. The average Bonchev–Trinajstić information content (AvgIpc) is 2.75. The van der Waals surface area contributed by atoms with E-state index in [4.69, 9.17) is 47.5 Å². The lowest BCUT2D eigenvalue weighted by atomic mass is 10.1. The van der Waals surface area contributed by atoms with Crippen molar-refractivity contribution in [3.63, 3.8) is 0 Å². The minimum Gasteiger partial charge on any atom is -0.462 e. The number of hydrogen-bond donors (Lipinski definition) is 1. The molecule has 1 N–H and O–H groups in total. The Morgan fingerprint density at radius 3 is 2.35 bits per heavy atom. The van der Waals surface area contributed by atoms with Crippen molar-refractivity contribution in [3.05, 3.63) is 80.0 Å². The van der Waals surface area contributed by atoms with Crippen molar-refractivity contribution >= 4 is 53.8 Å². The quantitative estimate of drug-likeness (QED) is 0.332. The highest BCUT2D eigenvalue weighted by atomic mass is 35.5. The van der Waals surface area contributed by atoms with Crippen LogP contribution < -0.4 is 15.5 Å². The highest BCUT2D eigenvalue weighted by Gasteiger charge is 2.19. The van der Waals surface area contributed by atoms with Gasteiger partial charge in [0.15, 0.2) is 13.6 Å². The van der Waals surface area contributed by atoms with E-state index < -0.39 is 0 Å². The molecular weight excluding hydrogens is 457 g/mol. The molecule has 10 heteroatoms. The van der Waals surface area contributed by atoms with E-state index in [0.717, 1.165) is 0 Å². The number of halogens is 3. The minimum atomic E-state index is -0.360. The number of nitrogens with one attached hydrogen (secondary N) is 1. The summed E-state index contributed by atoms with van der Waals surface area (Å²) in [4.78, 5) is 21.9. The molecule has 0 aliphatic heterocycles. The second kappa shape index (κ2) is 9.28. The van der Waals surface area contributed by atoms with Gasteiger partial charge in [0.25, 0.3) is 5.56 Å². The molecule has 0 aliphatic carbocycles. The van der Waals surface area contributed by atoms with Gasteiger partial charge in [0.1, 0.15) is 6.61 Å². The topological polar surface area (TPSA) is 69.0 Å². The van der Waals surface area contributed by atoms with Crippen molar-refractivity contribution in [1.82, 2.24) is 19.8 Å². The third kappa shape index (κ3) is 4.27. The molecule has 2 heterocycles. The Morgan fingerprint density at radius 2 is 1.65 bits per heavy atom. The first-order valence-corrected chi connectivity index (χ1v) is 10.3. The van der Waals surface area contributed by atoms with E-state index in [9.17, 15) is 4.79 Å². The Labute approximate surface area is 194 Å². The lowest BCUT2D eigenvalue weighted by Crippen LogP contribution is -2.21. The van der Waals surface area contributed by atoms with E-state index in [-0.39, 0.29) is 23.8 Å². The minimum absolute atomic E-state index is 0.0557. The van der Waals surface area contributed by atoms with Gasteiger partial charge in [0.05, 0.1) is 21.4 Å². The SMILES string of the molecule is [B]NCCOc1nc(-c2ccccc2Cl)c2ccc(=O)n(-c3c(Cl)cccc3Cl)c2n1. The van der Waals surface area contributed by atoms with Crippen LogP contribution in [0.3, 0.4) is 0 Å². The molecule has 4 rings (SSSR count). The largest absolute Gasteiger partial charge is 0.462 e. The number of benzene rings is 2. The molecule has 0 aliphatic rings. The zero-order chi connectivity index (χ0) is 22.0. The van der Waals surface area contributed by atoms with Crippen LogP contribution in [0, 0.1) is 0 Å². The van der Waals surface area contributed by atoms with E-state index in [1.54, 1.807) is 30.3 Å². The van der Waals surface area contributed by atoms with Crippen molar-refractivity contribution < 1.29 is 4.74 Å². The fourth-order valence-corrected chi connectivity index (χ4v) is 3.93. The summed E-state index contributed by atoms with van der Waals surface area (Å²) < 4.78 is 7.00. The van der Waals surface area contributed by atoms with E-state index in [1.165, 1.54) is 10.6 Å². The molecule has 0 amide bonds. The Bertz CT molecular complexity index is 1310. The Balaban J connectivity index is 2.07. The first-order valence-electron chi connectivity index (χ1n) is 9.20. The summed E-state index contributed by atoms with van der Waals surface area (Å²) in [5.74, 6) is 0. The maximum Gasteiger partial charge on any atom is 0.319 e. The fourth-order valence-electron chi connectivity index (χ4n) is 3.14. The Kier molecular flexibility index (Phi) is 6.48. The van der Waals surface area contributed by atoms with Crippen molar-refractivity contribution in [1.29, 1.82) is 0 Å². The van der Waals surface area contributed by atoms with Gasteiger partial charge in [-0.2, -0.15) is 9.97 Å². The van der Waals surface area contributed by atoms with Crippen molar-refractivity contribution in [3.8, 4) is 23.0 Å². The predicted octanol–water partition coefficient (Wildman–Crippen LogP) is 4.46. The summed E-state index contributed by atoms with van der Waals surface area (Å²) in [5, 5.41) is 4.17. The van der Waals surface area contributed by atoms with Gasteiger partial charge in [0, 0.05) is 28.6 Å².